The minimum atomic E-state index is 0.292. The molecule has 15 heavy (non-hydrogen) atoms. The van der Waals surface area contributed by atoms with Gasteiger partial charge < -0.3 is 4.74 Å². The molecule has 0 spiro atoms. The van der Waals surface area contributed by atoms with E-state index in [1.54, 1.807) is 0 Å². The molecule has 0 saturated carbocycles. The Hall–Kier alpha value is -0.610. The van der Waals surface area contributed by atoms with E-state index in [0.717, 1.165) is 25.7 Å². The van der Waals surface area contributed by atoms with Crippen molar-refractivity contribution in [2.45, 2.75) is 58.7 Å². The van der Waals surface area contributed by atoms with Crippen LogP contribution in [0.5, 0.6) is 0 Å². The van der Waals surface area contributed by atoms with Crippen molar-refractivity contribution in [3.63, 3.8) is 0 Å². The first-order valence-electron chi connectivity index (χ1n) is 5.76. The molecular weight excluding hydrogens is 192 g/mol. The SMILES string of the molecule is CCC(C)OC(CC)CCCN(N)C=O. The third-order valence-corrected chi connectivity index (χ3v) is 2.53. The Kier molecular flexibility index (Phi) is 8.33. The van der Waals surface area contributed by atoms with Gasteiger partial charge in [0.1, 0.15) is 0 Å². The summed E-state index contributed by atoms with van der Waals surface area (Å²) in [5.74, 6) is 5.35. The Bertz CT molecular complexity index is 165. The molecule has 0 rings (SSSR count). The molecule has 2 N–H and O–H groups in total. The van der Waals surface area contributed by atoms with E-state index < -0.39 is 0 Å². The molecule has 0 heterocycles. The van der Waals surface area contributed by atoms with Crippen LogP contribution in [0.1, 0.15) is 46.5 Å². The molecule has 90 valence electrons. The summed E-state index contributed by atoms with van der Waals surface area (Å²) in [7, 11) is 0. The first kappa shape index (κ1) is 14.4. The summed E-state index contributed by atoms with van der Waals surface area (Å²) >= 11 is 0. The number of nitrogens with zero attached hydrogens (tertiary/aromatic N) is 1. The van der Waals surface area contributed by atoms with Gasteiger partial charge in [0, 0.05) is 6.54 Å². The minimum absolute atomic E-state index is 0.292. The van der Waals surface area contributed by atoms with Gasteiger partial charge in [-0.1, -0.05) is 13.8 Å². The van der Waals surface area contributed by atoms with Crippen molar-refractivity contribution in [2.24, 2.45) is 5.84 Å². The van der Waals surface area contributed by atoms with Crippen LogP contribution < -0.4 is 5.84 Å². The molecule has 0 bridgehead atoms. The Labute approximate surface area is 92.7 Å². The summed E-state index contributed by atoms with van der Waals surface area (Å²) in [5, 5.41) is 1.18. The van der Waals surface area contributed by atoms with Gasteiger partial charge in [-0.05, 0) is 32.6 Å². The van der Waals surface area contributed by atoms with Crippen LogP contribution in [0.15, 0.2) is 0 Å². The second kappa shape index (κ2) is 8.68. The number of ether oxygens (including phenoxy) is 1. The van der Waals surface area contributed by atoms with Crippen LogP contribution in [0.25, 0.3) is 0 Å². The Morgan fingerprint density at radius 1 is 1.40 bits per heavy atom. The summed E-state index contributed by atoms with van der Waals surface area (Å²) in [4.78, 5) is 10.2. The van der Waals surface area contributed by atoms with Gasteiger partial charge in [-0.15, -0.1) is 0 Å². The molecule has 0 saturated heterocycles. The van der Waals surface area contributed by atoms with Crippen LogP contribution in [0.2, 0.25) is 0 Å². The molecule has 2 atom stereocenters. The van der Waals surface area contributed by atoms with Crippen molar-refractivity contribution in [3.8, 4) is 0 Å². The van der Waals surface area contributed by atoms with Gasteiger partial charge in [-0.3, -0.25) is 9.80 Å². The van der Waals surface area contributed by atoms with E-state index in [2.05, 4.69) is 20.8 Å². The molecule has 0 aromatic heterocycles. The predicted molar refractivity (Wildman–Crippen MR) is 61.1 cm³/mol. The lowest BCUT2D eigenvalue weighted by Gasteiger charge is -2.21. The smallest absolute Gasteiger partial charge is 0.223 e. The first-order valence-corrected chi connectivity index (χ1v) is 5.76. The largest absolute Gasteiger partial charge is 0.375 e. The lowest BCUT2D eigenvalue weighted by Crippen LogP contribution is -2.31. The second-order valence-electron chi connectivity index (χ2n) is 3.87. The van der Waals surface area contributed by atoms with E-state index in [1.165, 1.54) is 5.01 Å². The number of hydrogen-bond donors (Lipinski definition) is 1. The molecule has 0 aliphatic heterocycles. The summed E-state index contributed by atoms with van der Waals surface area (Å²) < 4.78 is 5.82. The van der Waals surface area contributed by atoms with Gasteiger partial charge in [0.15, 0.2) is 0 Å². The molecule has 4 nitrogen and oxygen atoms in total. The van der Waals surface area contributed by atoms with Crippen molar-refractivity contribution < 1.29 is 9.53 Å². The number of hydrogen-bond acceptors (Lipinski definition) is 3. The quantitative estimate of drug-likeness (QED) is 0.276. The number of carbonyl (C=O) groups excluding carboxylic acids is 1. The molecule has 0 aromatic rings. The van der Waals surface area contributed by atoms with Crippen LogP contribution in [0, 0.1) is 0 Å². The maximum Gasteiger partial charge on any atom is 0.223 e. The molecular formula is C11H24N2O2. The average molecular weight is 216 g/mol. The van der Waals surface area contributed by atoms with Crippen molar-refractivity contribution in [3.05, 3.63) is 0 Å². The highest BCUT2D eigenvalue weighted by Gasteiger charge is 2.10. The number of rotatable bonds is 9. The van der Waals surface area contributed by atoms with Gasteiger partial charge in [-0.25, -0.2) is 5.84 Å². The highest BCUT2D eigenvalue weighted by Crippen LogP contribution is 2.11. The zero-order chi connectivity index (χ0) is 11.7. The monoisotopic (exact) mass is 216 g/mol. The standard InChI is InChI=1S/C11H24N2O2/c1-4-10(3)15-11(5-2)7-6-8-13(12)9-14/h9-11H,4-8,12H2,1-3H3. The molecule has 1 amide bonds. The lowest BCUT2D eigenvalue weighted by atomic mass is 10.1. The maximum atomic E-state index is 10.2. The minimum Gasteiger partial charge on any atom is -0.375 e. The summed E-state index contributed by atoms with van der Waals surface area (Å²) in [5.41, 5.74) is 0. The summed E-state index contributed by atoms with van der Waals surface area (Å²) in [6.07, 6.45) is 5.15. The van der Waals surface area contributed by atoms with Crippen molar-refractivity contribution in [1.82, 2.24) is 5.01 Å². The highest BCUT2D eigenvalue weighted by atomic mass is 16.5. The fraction of sp³-hybridized carbons (Fsp3) is 0.909. The van der Waals surface area contributed by atoms with Crippen molar-refractivity contribution in [2.75, 3.05) is 6.54 Å². The maximum absolute atomic E-state index is 10.2. The van der Waals surface area contributed by atoms with E-state index in [-0.39, 0.29) is 0 Å². The summed E-state index contributed by atoms with van der Waals surface area (Å²) in [6.45, 7) is 6.92. The summed E-state index contributed by atoms with van der Waals surface area (Å²) in [6, 6.07) is 0. The Morgan fingerprint density at radius 2 is 2.07 bits per heavy atom. The van der Waals surface area contributed by atoms with Crippen LogP contribution in [0.4, 0.5) is 0 Å². The number of nitrogens with two attached hydrogens (primary N) is 1. The number of hydrazine groups is 1. The van der Waals surface area contributed by atoms with Crippen LogP contribution in [0.3, 0.4) is 0 Å². The van der Waals surface area contributed by atoms with Crippen molar-refractivity contribution >= 4 is 6.41 Å². The third-order valence-electron chi connectivity index (χ3n) is 2.53. The third kappa shape index (κ3) is 7.33. The van der Waals surface area contributed by atoms with Gasteiger partial charge in [-0.2, -0.15) is 0 Å². The first-order chi connectivity index (χ1) is 7.13. The zero-order valence-electron chi connectivity index (χ0n) is 10.1. The van der Waals surface area contributed by atoms with E-state index in [9.17, 15) is 4.79 Å². The van der Waals surface area contributed by atoms with E-state index in [4.69, 9.17) is 10.6 Å². The van der Waals surface area contributed by atoms with Gasteiger partial charge in [0.25, 0.3) is 0 Å². The average Bonchev–Trinajstić information content (AvgIpc) is 2.26. The second-order valence-corrected chi connectivity index (χ2v) is 3.87. The predicted octanol–water partition coefficient (Wildman–Crippen LogP) is 1.69. The number of amides is 1. The molecule has 4 heteroatoms. The molecule has 0 aliphatic carbocycles. The van der Waals surface area contributed by atoms with Gasteiger partial charge in [0.05, 0.1) is 12.2 Å². The molecule has 0 fully saturated rings. The fourth-order valence-corrected chi connectivity index (χ4v) is 1.35. The van der Waals surface area contributed by atoms with Gasteiger partial charge in [0.2, 0.25) is 6.41 Å². The van der Waals surface area contributed by atoms with E-state index in [0.29, 0.717) is 25.2 Å². The number of carbonyl (C=O) groups is 1. The van der Waals surface area contributed by atoms with Gasteiger partial charge >= 0.3 is 0 Å². The lowest BCUT2D eigenvalue weighted by molar-refractivity contribution is -0.118. The zero-order valence-corrected chi connectivity index (χ0v) is 10.1. The van der Waals surface area contributed by atoms with Crippen molar-refractivity contribution in [1.29, 1.82) is 0 Å². The van der Waals surface area contributed by atoms with E-state index >= 15 is 0 Å². The molecule has 0 aromatic carbocycles. The van der Waals surface area contributed by atoms with Crippen LogP contribution >= 0.6 is 0 Å². The molecule has 2 unspecified atom stereocenters. The fourth-order valence-electron chi connectivity index (χ4n) is 1.35. The van der Waals surface area contributed by atoms with E-state index in [1.807, 2.05) is 0 Å². The molecule has 0 aliphatic rings. The highest BCUT2D eigenvalue weighted by molar-refractivity contribution is 5.45. The Balaban J connectivity index is 3.65. The topological polar surface area (TPSA) is 55.6 Å². The Morgan fingerprint density at radius 3 is 2.53 bits per heavy atom. The molecule has 0 radical (unpaired) electrons. The normalized spacial score (nSPS) is 14.7. The van der Waals surface area contributed by atoms with Crippen LogP contribution in [-0.4, -0.2) is 30.2 Å². The van der Waals surface area contributed by atoms with Crippen LogP contribution in [-0.2, 0) is 9.53 Å².